The number of nitriles is 1. The number of sulfonamides is 1. The van der Waals surface area contributed by atoms with E-state index < -0.39 is 21.2 Å². The van der Waals surface area contributed by atoms with Crippen molar-refractivity contribution in [3.8, 4) is 6.07 Å². The van der Waals surface area contributed by atoms with Gasteiger partial charge < -0.3 is 10.1 Å². The van der Waals surface area contributed by atoms with E-state index in [0.29, 0.717) is 22.0 Å². The third-order valence-electron chi connectivity index (χ3n) is 4.70. The number of benzene rings is 1. The van der Waals surface area contributed by atoms with Gasteiger partial charge in [-0.05, 0) is 51.5 Å². The van der Waals surface area contributed by atoms with Crippen LogP contribution in [0, 0.1) is 25.2 Å². The Morgan fingerprint density at radius 3 is 2.52 bits per heavy atom. The molecule has 1 N–H and O–H groups in total. The summed E-state index contributed by atoms with van der Waals surface area (Å²) >= 11 is 1.07. The Kier molecular flexibility index (Phi) is 8.60. The van der Waals surface area contributed by atoms with Gasteiger partial charge in [0.05, 0.1) is 33.6 Å². The third-order valence-corrected chi connectivity index (χ3v) is 7.61. The molecule has 0 spiro atoms. The Morgan fingerprint density at radius 1 is 1.27 bits per heavy atom. The van der Waals surface area contributed by atoms with Gasteiger partial charge in [0.2, 0.25) is 15.9 Å². The van der Waals surface area contributed by atoms with Crippen molar-refractivity contribution in [2.75, 3.05) is 26.0 Å². The highest BCUT2D eigenvalue weighted by Gasteiger charge is 2.23. The molecule has 1 atom stereocenters. The summed E-state index contributed by atoms with van der Waals surface area (Å²) in [7, 11) is -0.794. The second-order valence-corrected chi connectivity index (χ2v) is 10.8. The van der Waals surface area contributed by atoms with E-state index in [9.17, 15) is 23.3 Å². The maximum absolute atomic E-state index is 12.8. The van der Waals surface area contributed by atoms with Crippen molar-refractivity contribution < 1.29 is 22.7 Å². The number of thioether (sulfide) groups is 1. The number of hydrogen-bond acceptors (Lipinski definition) is 8. The Hall–Kier alpha value is -2.94. The first kappa shape index (κ1) is 26.3. The molecule has 9 nitrogen and oxygen atoms in total. The second-order valence-electron chi connectivity index (χ2n) is 7.32. The van der Waals surface area contributed by atoms with Crippen LogP contribution in [0.5, 0.6) is 0 Å². The van der Waals surface area contributed by atoms with E-state index in [4.69, 9.17) is 4.74 Å². The summed E-state index contributed by atoms with van der Waals surface area (Å²) in [5.74, 6) is -0.954. The lowest BCUT2D eigenvalue weighted by Crippen LogP contribution is -2.25. The van der Waals surface area contributed by atoms with Crippen molar-refractivity contribution in [3.05, 3.63) is 46.6 Å². The molecular weight excluding hydrogens is 464 g/mol. The molecule has 2 aromatic rings. The van der Waals surface area contributed by atoms with Crippen LogP contribution in [0.3, 0.4) is 0 Å². The SMILES string of the molecule is CCOC(=O)c1cc(C#N)c(SC(C)C(=O)Nc2cc(S(=O)(=O)N(C)C)ccc2C)nc1C. The van der Waals surface area contributed by atoms with Gasteiger partial charge >= 0.3 is 5.97 Å². The van der Waals surface area contributed by atoms with Crippen molar-refractivity contribution in [2.45, 2.75) is 42.9 Å². The Labute approximate surface area is 198 Å². The molecule has 1 unspecified atom stereocenters. The van der Waals surface area contributed by atoms with Crippen molar-refractivity contribution in [3.63, 3.8) is 0 Å². The minimum atomic E-state index is -3.66. The van der Waals surface area contributed by atoms with Crippen LogP contribution in [-0.4, -0.2) is 55.5 Å². The molecule has 1 amide bonds. The van der Waals surface area contributed by atoms with Crippen LogP contribution in [0.25, 0.3) is 0 Å². The number of hydrogen-bond donors (Lipinski definition) is 1. The smallest absolute Gasteiger partial charge is 0.340 e. The largest absolute Gasteiger partial charge is 0.462 e. The number of aromatic nitrogens is 1. The monoisotopic (exact) mass is 490 g/mol. The van der Waals surface area contributed by atoms with Crippen LogP contribution in [-0.2, 0) is 19.6 Å². The van der Waals surface area contributed by atoms with E-state index in [-0.39, 0.29) is 28.5 Å². The fraction of sp³-hybridized carbons (Fsp3) is 0.364. The van der Waals surface area contributed by atoms with E-state index in [1.807, 2.05) is 6.07 Å². The van der Waals surface area contributed by atoms with Crippen LogP contribution in [0.1, 0.15) is 41.0 Å². The van der Waals surface area contributed by atoms with Crippen LogP contribution in [0.4, 0.5) is 5.69 Å². The van der Waals surface area contributed by atoms with Crippen LogP contribution < -0.4 is 5.32 Å². The number of pyridine rings is 1. The number of aryl methyl sites for hydroxylation is 2. The zero-order chi connectivity index (χ0) is 24.9. The zero-order valence-electron chi connectivity index (χ0n) is 19.3. The summed E-state index contributed by atoms with van der Waals surface area (Å²) in [6.45, 7) is 6.91. The molecule has 1 aromatic carbocycles. The second kappa shape index (κ2) is 10.8. The Morgan fingerprint density at radius 2 is 1.94 bits per heavy atom. The van der Waals surface area contributed by atoms with Gasteiger partial charge in [-0.2, -0.15) is 5.26 Å². The topological polar surface area (TPSA) is 129 Å². The maximum Gasteiger partial charge on any atom is 0.340 e. The van der Waals surface area contributed by atoms with Gasteiger partial charge in [0.1, 0.15) is 11.1 Å². The molecule has 0 aliphatic heterocycles. The molecule has 11 heteroatoms. The minimum absolute atomic E-state index is 0.0623. The van der Waals surface area contributed by atoms with E-state index in [0.717, 1.165) is 16.1 Å². The van der Waals surface area contributed by atoms with Crippen LogP contribution in [0.2, 0.25) is 0 Å². The molecule has 0 aliphatic rings. The first-order chi connectivity index (χ1) is 15.4. The summed E-state index contributed by atoms with van der Waals surface area (Å²) in [5, 5.41) is 11.9. The maximum atomic E-state index is 12.8. The Balaban J connectivity index is 2.26. The lowest BCUT2D eigenvalue weighted by atomic mass is 10.1. The molecule has 0 fully saturated rings. The predicted molar refractivity (Wildman–Crippen MR) is 126 cm³/mol. The van der Waals surface area contributed by atoms with Crippen molar-refractivity contribution in [1.29, 1.82) is 5.26 Å². The molecule has 0 aliphatic carbocycles. The van der Waals surface area contributed by atoms with Crippen LogP contribution in [0.15, 0.2) is 34.2 Å². The lowest BCUT2D eigenvalue weighted by molar-refractivity contribution is -0.115. The summed E-state index contributed by atoms with van der Waals surface area (Å²) in [6.07, 6.45) is 0. The number of amides is 1. The highest BCUT2D eigenvalue weighted by Crippen LogP contribution is 2.29. The number of nitrogens with one attached hydrogen (secondary N) is 1. The molecule has 0 bridgehead atoms. The van der Waals surface area contributed by atoms with Gasteiger partial charge in [0.15, 0.2) is 0 Å². The van der Waals surface area contributed by atoms with Gasteiger partial charge in [-0.15, -0.1) is 0 Å². The molecule has 0 radical (unpaired) electrons. The van der Waals surface area contributed by atoms with E-state index >= 15 is 0 Å². The normalized spacial score (nSPS) is 12.2. The fourth-order valence-corrected chi connectivity index (χ4v) is 4.58. The number of esters is 1. The average Bonchev–Trinajstić information content (AvgIpc) is 2.75. The van der Waals surface area contributed by atoms with Crippen molar-refractivity contribution in [1.82, 2.24) is 9.29 Å². The van der Waals surface area contributed by atoms with E-state index in [2.05, 4.69) is 10.3 Å². The highest BCUT2D eigenvalue weighted by molar-refractivity contribution is 8.00. The Bertz CT molecular complexity index is 1220. The standard InChI is InChI=1S/C22H26N4O5S2/c1-7-31-22(28)18-10-16(12-23)21(24-14(18)3)32-15(4)20(27)25-19-11-17(9-8-13(19)2)33(29,30)26(5)6/h8-11,15H,7H2,1-6H3,(H,25,27). The van der Waals surface area contributed by atoms with Gasteiger partial charge in [-0.1, -0.05) is 17.8 Å². The summed E-state index contributed by atoms with van der Waals surface area (Å²) < 4.78 is 30.9. The number of nitrogens with zero attached hydrogens (tertiary/aromatic N) is 3. The molecule has 33 heavy (non-hydrogen) atoms. The predicted octanol–water partition coefficient (Wildman–Crippen LogP) is 3.12. The number of carbonyl (C=O) groups is 2. The first-order valence-electron chi connectivity index (χ1n) is 10.0. The molecule has 176 valence electrons. The van der Waals surface area contributed by atoms with Crippen molar-refractivity contribution >= 4 is 39.3 Å². The van der Waals surface area contributed by atoms with Gasteiger partial charge in [0, 0.05) is 19.8 Å². The summed E-state index contributed by atoms with van der Waals surface area (Å²) in [6, 6.07) is 7.93. The molecule has 0 saturated heterocycles. The summed E-state index contributed by atoms with van der Waals surface area (Å²) in [4.78, 5) is 29.3. The highest BCUT2D eigenvalue weighted by atomic mass is 32.2. The summed E-state index contributed by atoms with van der Waals surface area (Å²) in [5.41, 5.74) is 1.81. The number of ether oxygens (including phenoxy) is 1. The quantitative estimate of drug-likeness (QED) is 0.441. The molecule has 1 aromatic heterocycles. The number of carbonyl (C=O) groups excluding carboxylic acids is 2. The fourth-order valence-electron chi connectivity index (χ4n) is 2.73. The average molecular weight is 491 g/mol. The molecule has 0 saturated carbocycles. The number of anilines is 1. The van der Waals surface area contributed by atoms with Gasteiger partial charge in [-0.25, -0.2) is 22.5 Å². The molecular formula is C22H26N4O5S2. The molecule has 1 heterocycles. The van der Waals surface area contributed by atoms with E-state index in [1.165, 1.54) is 32.3 Å². The minimum Gasteiger partial charge on any atom is -0.462 e. The third kappa shape index (κ3) is 6.10. The number of rotatable bonds is 8. The van der Waals surface area contributed by atoms with Crippen LogP contribution >= 0.6 is 11.8 Å². The van der Waals surface area contributed by atoms with Gasteiger partial charge in [-0.3, -0.25) is 4.79 Å². The van der Waals surface area contributed by atoms with Crippen molar-refractivity contribution in [2.24, 2.45) is 0 Å². The van der Waals surface area contributed by atoms with Gasteiger partial charge in [0.25, 0.3) is 0 Å². The lowest BCUT2D eigenvalue weighted by Gasteiger charge is -2.17. The molecule has 2 rings (SSSR count). The first-order valence-corrected chi connectivity index (χ1v) is 12.3. The van der Waals surface area contributed by atoms with E-state index in [1.54, 1.807) is 33.8 Å². The zero-order valence-corrected chi connectivity index (χ0v) is 20.9.